The molecule has 3 aliphatic carbocycles. The highest BCUT2D eigenvalue weighted by atomic mass is 15.1. The van der Waals surface area contributed by atoms with Crippen molar-refractivity contribution in [3.63, 3.8) is 0 Å². The Morgan fingerprint density at radius 3 is 2.20 bits per heavy atom. The molecule has 3 nitrogen and oxygen atoms in total. The summed E-state index contributed by atoms with van der Waals surface area (Å²) >= 11 is 0. The van der Waals surface area contributed by atoms with Gasteiger partial charge in [0, 0.05) is 27.6 Å². The fraction of sp³-hybridized carbons (Fsp3) is 0.235. The average molecular weight is 928 g/mol. The Bertz CT molecular complexity index is 3340. The van der Waals surface area contributed by atoms with E-state index in [1.807, 2.05) is 6.08 Å². The first kappa shape index (κ1) is 48.7. The molecule has 0 radical (unpaired) electrons. The Morgan fingerprint density at radius 1 is 0.732 bits per heavy atom. The van der Waals surface area contributed by atoms with Gasteiger partial charge in [-0.2, -0.15) is 0 Å². The maximum absolute atomic E-state index is 5.55. The van der Waals surface area contributed by atoms with E-state index in [0.29, 0.717) is 11.5 Å². The first-order valence-electron chi connectivity index (χ1n) is 26.0. The molecule has 0 fully saturated rings. The molecular weight excluding hydrogens is 859 g/mol. The van der Waals surface area contributed by atoms with Crippen LogP contribution in [-0.2, 0) is 31.1 Å². The molecule has 71 heavy (non-hydrogen) atoms. The summed E-state index contributed by atoms with van der Waals surface area (Å²) in [7, 11) is 0. The molecule has 356 valence electrons. The average Bonchev–Trinajstić information content (AvgIpc) is 4.00. The van der Waals surface area contributed by atoms with Gasteiger partial charge in [-0.15, -0.1) is 0 Å². The summed E-state index contributed by atoms with van der Waals surface area (Å²) in [5.41, 5.74) is 23.3. The minimum atomic E-state index is -0.152. The van der Waals surface area contributed by atoms with Crippen molar-refractivity contribution >= 4 is 39.4 Å². The fourth-order valence-electron chi connectivity index (χ4n) is 11.2. The van der Waals surface area contributed by atoms with Gasteiger partial charge in [-0.3, -0.25) is 0 Å². The van der Waals surface area contributed by atoms with E-state index in [9.17, 15) is 0 Å². The standard InChI is InChI=1S/C65H61N3.C3H8/c1-8-22-57-58-38-36-49(42-61(58)65(6,7)60(57)10-3)48-29-20-30-51(40-48)56-32-21-33-59-53(9-2)62(34-19-25-45-23-13-11-14-24-45)68(63(56)59)44(5)67-64(46-26-15-12-16-27-46)66-43(4)47-35-37-55-52(39-47)41-50-28-17-18-31-54(50)55;1-3-2/h8,10-16,18,20-24,26-27,29-33,35-40,42H,3-4,9,17,19,25,28,34,41H2,1-2,5-7H3;3H2,1-2H3/b22-8-,66-64?,67-44?;. The van der Waals surface area contributed by atoms with Crippen LogP contribution in [0.4, 0.5) is 0 Å². The molecule has 0 saturated carbocycles. The maximum atomic E-state index is 5.55. The molecular formula is C68H69N3. The van der Waals surface area contributed by atoms with Crippen molar-refractivity contribution in [2.45, 2.75) is 105 Å². The maximum Gasteiger partial charge on any atom is 0.161 e. The van der Waals surface area contributed by atoms with Crippen molar-refractivity contribution in [3.8, 4) is 22.3 Å². The number of aryl methyl sites for hydroxylation is 2. The van der Waals surface area contributed by atoms with Crippen LogP contribution < -0.4 is 0 Å². The quantitative estimate of drug-likeness (QED) is 0.0863. The molecule has 0 aliphatic heterocycles. The lowest BCUT2D eigenvalue weighted by molar-refractivity contribution is 0.655. The van der Waals surface area contributed by atoms with Crippen LogP contribution in [0.3, 0.4) is 0 Å². The first-order chi connectivity index (χ1) is 34.6. The summed E-state index contributed by atoms with van der Waals surface area (Å²) in [5.74, 6) is 1.53. The van der Waals surface area contributed by atoms with E-state index in [0.717, 1.165) is 61.9 Å². The molecule has 0 saturated heterocycles. The lowest BCUT2D eigenvalue weighted by Crippen LogP contribution is -2.16. The van der Waals surface area contributed by atoms with Crippen LogP contribution in [0.2, 0.25) is 0 Å². The van der Waals surface area contributed by atoms with E-state index >= 15 is 0 Å². The largest absolute Gasteiger partial charge is 0.301 e. The predicted octanol–water partition coefficient (Wildman–Crippen LogP) is 18.0. The number of hydrogen-bond acceptors (Lipinski definition) is 1. The summed E-state index contributed by atoms with van der Waals surface area (Å²) in [6.45, 7) is 24.2. The molecule has 1 aromatic heterocycles. The Labute approximate surface area is 423 Å². The molecule has 1 heterocycles. The van der Waals surface area contributed by atoms with Gasteiger partial charge < -0.3 is 4.57 Å². The molecule has 0 amide bonds. The zero-order valence-electron chi connectivity index (χ0n) is 43.1. The van der Waals surface area contributed by atoms with Gasteiger partial charge in [0.25, 0.3) is 0 Å². The summed E-state index contributed by atoms with van der Waals surface area (Å²) in [4.78, 5) is 10.9. The van der Waals surface area contributed by atoms with Crippen molar-refractivity contribution in [2.24, 2.45) is 9.98 Å². The number of aliphatic imine (C=N–C) groups is 2. The van der Waals surface area contributed by atoms with Gasteiger partial charge >= 0.3 is 0 Å². The Balaban J connectivity index is 0.00000203. The number of allylic oxidation sites excluding steroid dienone is 9. The zero-order chi connectivity index (χ0) is 49.6. The summed E-state index contributed by atoms with van der Waals surface area (Å²) < 4.78 is 2.46. The number of para-hydroxylation sites is 1. The molecule has 6 aromatic carbocycles. The van der Waals surface area contributed by atoms with Crippen LogP contribution in [-0.4, -0.2) is 16.2 Å². The normalized spacial score (nSPS) is 15.0. The third kappa shape index (κ3) is 9.63. The van der Waals surface area contributed by atoms with Gasteiger partial charge in [-0.05, 0) is 149 Å². The zero-order valence-corrected chi connectivity index (χ0v) is 43.1. The minimum Gasteiger partial charge on any atom is -0.301 e. The second-order valence-electron chi connectivity index (χ2n) is 19.8. The number of aromatic nitrogens is 1. The molecule has 0 N–H and O–H groups in total. The van der Waals surface area contributed by atoms with E-state index in [1.165, 1.54) is 95.4 Å². The fourth-order valence-corrected chi connectivity index (χ4v) is 11.2. The lowest BCUT2D eigenvalue weighted by Gasteiger charge is -2.23. The molecule has 0 spiro atoms. The van der Waals surface area contributed by atoms with E-state index in [2.05, 4.69) is 230 Å². The van der Waals surface area contributed by atoms with Crippen molar-refractivity contribution < 1.29 is 0 Å². The van der Waals surface area contributed by atoms with Crippen LogP contribution >= 0.6 is 0 Å². The summed E-state index contributed by atoms with van der Waals surface area (Å²) in [6.07, 6.45) is 19.3. The van der Waals surface area contributed by atoms with Crippen LogP contribution in [0.15, 0.2) is 204 Å². The number of rotatable bonds is 12. The van der Waals surface area contributed by atoms with Gasteiger partial charge in [0.05, 0.1) is 11.2 Å². The van der Waals surface area contributed by atoms with Crippen molar-refractivity contribution in [1.29, 1.82) is 0 Å². The van der Waals surface area contributed by atoms with Crippen LogP contribution in [0.25, 0.3) is 50.0 Å². The second kappa shape index (κ2) is 21.3. The smallest absolute Gasteiger partial charge is 0.161 e. The van der Waals surface area contributed by atoms with Gasteiger partial charge in [0.2, 0.25) is 0 Å². The van der Waals surface area contributed by atoms with E-state index < -0.39 is 0 Å². The van der Waals surface area contributed by atoms with Gasteiger partial charge in [0.15, 0.2) is 5.84 Å². The Kier molecular flexibility index (Phi) is 14.6. The van der Waals surface area contributed by atoms with Gasteiger partial charge in [-0.1, -0.05) is 211 Å². The Hall–Kier alpha value is -7.36. The number of fused-ring (bicyclic) bond motifs is 4. The third-order valence-electron chi connectivity index (χ3n) is 14.5. The first-order valence-corrected chi connectivity index (χ1v) is 26.0. The molecule has 0 atom stereocenters. The van der Waals surface area contributed by atoms with E-state index in [-0.39, 0.29) is 5.41 Å². The number of nitrogens with zero attached hydrogens (tertiary/aromatic N) is 3. The molecule has 0 bridgehead atoms. The van der Waals surface area contributed by atoms with E-state index in [1.54, 1.807) is 5.57 Å². The minimum absolute atomic E-state index is 0.152. The van der Waals surface area contributed by atoms with Crippen molar-refractivity contribution in [3.05, 3.63) is 244 Å². The number of benzene rings is 6. The van der Waals surface area contributed by atoms with Crippen LogP contribution in [0, 0.1) is 0 Å². The van der Waals surface area contributed by atoms with Crippen molar-refractivity contribution in [1.82, 2.24) is 4.57 Å². The number of hydrogen-bond donors (Lipinski definition) is 0. The third-order valence-corrected chi connectivity index (χ3v) is 14.5. The molecule has 7 aromatic rings. The highest BCUT2D eigenvalue weighted by molar-refractivity contribution is 6.12. The lowest BCUT2D eigenvalue weighted by atomic mass is 9.80. The highest BCUT2D eigenvalue weighted by Crippen LogP contribution is 2.49. The molecule has 10 rings (SSSR count). The summed E-state index contributed by atoms with van der Waals surface area (Å²) in [6, 6.07) is 50.9. The number of amidine groups is 1. The van der Waals surface area contributed by atoms with Crippen molar-refractivity contribution in [2.75, 3.05) is 0 Å². The van der Waals surface area contributed by atoms with Gasteiger partial charge in [-0.25, -0.2) is 9.98 Å². The predicted molar refractivity (Wildman–Crippen MR) is 308 cm³/mol. The second-order valence-corrected chi connectivity index (χ2v) is 19.8. The topological polar surface area (TPSA) is 29.6 Å². The van der Waals surface area contributed by atoms with E-state index in [4.69, 9.17) is 9.98 Å². The summed E-state index contributed by atoms with van der Waals surface area (Å²) in [5, 5.41) is 1.27. The molecule has 3 aliphatic rings. The Morgan fingerprint density at radius 2 is 1.45 bits per heavy atom. The SMILES string of the molecule is C=CC1=C(/C=C\C)c2ccc(-c3cccc(-c4cccc5c(CC)c(CCCc6ccccc6)n(C(C)=NC(=NC(=C)c6ccc7c(c6)CC6=C7C=CCC6)c6ccccc6)c45)c3)cc2C1(C)C.CCC. The van der Waals surface area contributed by atoms with Gasteiger partial charge in [0.1, 0.15) is 5.84 Å². The van der Waals surface area contributed by atoms with Crippen LogP contribution in [0.1, 0.15) is 124 Å². The highest BCUT2D eigenvalue weighted by Gasteiger charge is 2.35. The monoisotopic (exact) mass is 928 g/mol. The van der Waals surface area contributed by atoms with Crippen LogP contribution in [0.5, 0.6) is 0 Å². The molecule has 3 heteroatoms. The molecule has 0 unspecified atom stereocenters.